The van der Waals surface area contributed by atoms with Gasteiger partial charge in [-0.3, -0.25) is 4.90 Å². The maximum atomic E-state index is 6.30. The van der Waals surface area contributed by atoms with Crippen molar-refractivity contribution in [1.29, 1.82) is 0 Å². The molecule has 7 heteroatoms. The minimum atomic E-state index is 0.215. The van der Waals surface area contributed by atoms with Crippen LogP contribution in [-0.4, -0.2) is 57.2 Å². The molecule has 0 unspecified atom stereocenters. The molecule has 0 amide bonds. The van der Waals surface area contributed by atoms with Gasteiger partial charge in [0, 0.05) is 46.0 Å². The van der Waals surface area contributed by atoms with Gasteiger partial charge in [0.2, 0.25) is 0 Å². The van der Waals surface area contributed by atoms with Crippen LogP contribution in [0.5, 0.6) is 5.75 Å². The number of aromatic nitrogens is 4. The molecule has 0 saturated carbocycles. The second-order valence-electron chi connectivity index (χ2n) is 6.61. The van der Waals surface area contributed by atoms with Crippen LogP contribution in [-0.2, 0) is 13.6 Å². The average molecular weight is 328 g/mol. The van der Waals surface area contributed by atoms with Crippen LogP contribution in [0.15, 0.2) is 24.5 Å². The third kappa shape index (κ3) is 3.36. The van der Waals surface area contributed by atoms with Gasteiger partial charge in [-0.15, -0.1) is 0 Å². The first-order chi connectivity index (χ1) is 11.8. The molecule has 128 valence electrons. The van der Waals surface area contributed by atoms with E-state index in [1.54, 1.807) is 4.80 Å². The van der Waals surface area contributed by atoms with E-state index in [1.165, 1.54) is 12.8 Å². The Kier molecular flexibility index (Phi) is 4.34. The summed E-state index contributed by atoms with van der Waals surface area (Å²) in [5, 5.41) is 8.49. The van der Waals surface area contributed by atoms with Crippen molar-refractivity contribution in [3.05, 3.63) is 30.2 Å². The van der Waals surface area contributed by atoms with Crippen molar-refractivity contribution in [1.82, 2.24) is 24.9 Å². The normalized spacial score (nSPS) is 21.5. The molecule has 1 atom stereocenters. The molecule has 2 saturated heterocycles. The van der Waals surface area contributed by atoms with Gasteiger partial charge in [-0.2, -0.15) is 15.0 Å². The fourth-order valence-electron chi connectivity index (χ4n) is 3.55. The summed E-state index contributed by atoms with van der Waals surface area (Å²) in [6, 6.07) is 4.01. The lowest BCUT2D eigenvalue weighted by atomic mass is 10.3. The van der Waals surface area contributed by atoms with Crippen molar-refractivity contribution in [2.75, 3.05) is 31.1 Å². The molecular formula is C17H24N6O. The summed E-state index contributed by atoms with van der Waals surface area (Å²) in [5.41, 5.74) is 1.01. The quantitative estimate of drug-likeness (QED) is 0.828. The fourth-order valence-corrected chi connectivity index (χ4v) is 3.55. The van der Waals surface area contributed by atoms with Crippen LogP contribution in [0.1, 0.15) is 25.0 Å². The number of anilines is 1. The minimum absolute atomic E-state index is 0.215. The zero-order valence-electron chi connectivity index (χ0n) is 14.1. The maximum Gasteiger partial charge on any atom is 0.171 e. The van der Waals surface area contributed by atoms with Crippen molar-refractivity contribution in [3.63, 3.8) is 0 Å². The van der Waals surface area contributed by atoms with E-state index in [9.17, 15) is 0 Å². The highest BCUT2D eigenvalue weighted by Gasteiger charge is 2.26. The van der Waals surface area contributed by atoms with Gasteiger partial charge in [0.1, 0.15) is 6.10 Å². The summed E-state index contributed by atoms with van der Waals surface area (Å²) >= 11 is 0. The molecule has 0 bridgehead atoms. The molecule has 0 spiro atoms. The summed E-state index contributed by atoms with van der Waals surface area (Å²) in [5.74, 6) is 1.92. The Bertz CT molecular complexity index is 681. The van der Waals surface area contributed by atoms with E-state index in [4.69, 9.17) is 4.74 Å². The van der Waals surface area contributed by atoms with Crippen LogP contribution >= 0.6 is 0 Å². The van der Waals surface area contributed by atoms with Crippen molar-refractivity contribution in [3.8, 4) is 5.75 Å². The van der Waals surface area contributed by atoms with Crippen LogP contribution in [0.4, 0.5) is 5.82 Å². The summed E-state index contributed by atoms with van der Waals surface area (Å²) in [6.45, 7) is 4.94. The van der Waals surface area contributed by atoms with Gasteiger partial charge in [0.25, 0.3) is 0 Å². The highest BCUT2D eigenvalue weighted by molar-refractivity contribution is 5.52. The van der Waals surface area contributed by atoms with E-state index < -0.39 is 0 Å². The minimum Gasteiger partial charge on any atom is -0.485 e. The first kappa shape index (κ1) is 15.4. The summed E-state index contributed by atoms with van der Waals surface area (Å²) < 4.78 is 6.30. The number of hydrogen-bond acceptors (Lipinski definition) is 6. The second-order valence-corrected chi connectivity index (χ2v) is 6.61. The van der Waals surface area contributed by atoms with E-state index in [-0.39, 0.29) is 6.10 Å². The lowest BCUT2D eigenvalue weighted by Crippen LogP contribution is -2.26. The number of hydrogen-bond donors (Lipinski definition) is 0. The number of nitrogens with zero attached hydrogens (tertiary/aromatic N) is 6. The van der Waals surface area contributed by atoms with Gasteiger partial charge in [0.05, 0.1) is 11.9 Å². The molecule has 2 fully saturated rings. The van der Waals surface area contributed by atoms with Gasteiger partial charge < -0.3 is 9.64 Å². The predicted molar refractivity (Wildman–Crippen MR) is 91.0 cm³/mol. The monoisotopic (exact) mass is 328 g/mol. The largest absolute Gasteiger partial charge is 0.485 e. The van der Waals surface area contributed by atoms with Crippen LogP contribution in [0, 0.1) is 0 Å². The zero-order valence-corrected chi connectivity index (χ0v) is 14.1. The molecule has 2 aromatic heterocycles. The van der Waals surface area contributed by atoms with Gasteiger partial charge in [0.15, 0.2) is 11.6 Å². The molecule has 0 radical (unpaired) electrons. The van der Waals surface area contributed by atoms with Crippen LogP contribution in [0.2, 0.25) is 0 Å². The second kappa shape index (κ2) is 6.76. The molecule has 0 aromatic carbocycles. The van der Waals surface area contributed by atoms with Crippen LogP contribution in [0.25, 0.3) is 0 Å². The molecule has 0 N–H and O–H groups in total. The Morgan fingerprint density at radius 1 is 1.25 bits per heavy atom. The standard InChI is InChI=1S/C17H24N6O/c1-21-19-11-14(20-21)12-22-10-6-15(13-22)24-16-5-4-7-18-17(16)23-8-2-3-9-23/h4-5,7,11,15H,2-3,6,8-10,12-13H2,1H3/t15-/m0/s1. The lowest BCUT2D eigenvalue weighted by molar-refractivity contribution is 0.197. The highest BCUT2D eigenvalue weighted by Crippen LogP contribution is 2.30. The first-order valence-electron chi connectivity index (χ1n) is 8.72. The van der Waals surface area contributed by atoms with Crippen molar-refractivity contribution in [2.45, 2.75) is 31.9 Å². The predicted octanol–water partition coefficient (Wildman–Crippen LogP) is 1.46. The van der Waals surface area contributed by atoms with Crippen molar-refractivity contribution < 1.29 is 4.74 Å². The van der Waals surface area contributed by atoms with Crippen LogP contribution < -0.4 is 9.64 Å². The Morgan fingerprint density at radius 2 is 2.12 bits per heavy atom. The molecule has 0 aliphatic carbocycles. The molecule has 2 aromatic rings. The molecular weight excluding hydrogens is 304 g/mol. The first-order valence-corrected chi connectivity index (χ1v) is 8.72. The maximum absolute atomic E-state index is 6.30. The van der Waals surface area contributed by atoms with Gasteiger partial charge >= 0.3 is 0 Å². The topological polar surface area (TPSA) is 59.3 Å². The fraction of sp³-hybridized carbons (Fsp3) is 0.588. The number of ether oxygens (including phenoxy) is 1. The van der Waals surface area contributed by atoms with Gasteiger partial charge in [-0.05, 0) is 31.4 Å². The third-order valence-corrected chi connectivity index (χ3v) is 4.71. The Labute approximate surface area is 142 Å². The molecule has 2 aliphatic rings. The number of pyridine rings is 1. The summed E-state index contributed by atoms with van der Waals surface area (Å²) in [6.07, 6.45) is 7.42. The SMILES string of the molecule is Cn1ncc(CN2CC[C@H](Oc3cccnc3N3CCCC3)C2)n1. The summed E-state index contributed by atoms with van der Waals surface area (Å²) in [7, 11) is 1.85. The zero-order chi connectivity index (χ0) is 16.4. The Hall–Kier alpha value is -2.15. The smallest absolute Gasteiger partial charge is 0.171 e. The van der Waals surface area contributed by atoms with E-state index >= 15 is 0 Å². The lowest BCUT2D eigenvalue weighted by Gasteiger charge is -2.22. The van der Waals surface area contributed by atoms with Crippen LogP contribution in [0.3, 0.4) is 0 Å². The number of rotatable bonds is 5. The number of aryl methyl sites for hydroxylation is 1. The van der Waals surface area contributed by atoms with E-state index in [0.717, 1.165) is 56.4 Å². The van der Waals surface area contributed by atoms with E-state index in [1.807, 2.05) is 31.6 Å². The van der Waals surface area contributed by atoms with Crippen molar-refractivity contribution in [2.24, 2.45) is 7.05 Å². The Balaban J connectivity index is 1.38. The molecule has 4 rings (SSSR count). The highest BCUT2D eigenvalue weighted by atomic mass is 16.5. The third-order valence-electron chi connectivity index (χ3n) is 4.71. The Morgan fingerprint density at radius 3 is 2.92 bits per heavy atom. The van der Waals surface area contributed by atoms with E-state index in [2.05, 4.69) is 25.0 Å². The molecule has 7 nitrogen and oxygen atoms in total. The van der Waals surface area contributed by atoms with E-state index in [0.29, 0.717) is 0 Å². The molecule has 2 aliphatic heterocycles. The molecule has 24 heavy (non-hydrogen) atoms. The molecule has 4 heterocycles. The average Bonchev–Trinajstić information content (AvgIpc) is 3.32. The number of likely N-dealkylation sites (tertiary alicyclic amines) is 1. The van der Waals surface area contributed by atoms with Gasteiger partial charge in [-0.25, -0.2) is 4.98 Å². The summed E-state index contributed by atoms with van der Waals surface area (Å²) in [4.78, 5) is 10.9. The van der Waals surface area contributed by atoms with Crippen molar-refractivity contribution >= 4 is 5.82 Å². The van der Waals surface area contributed by atoms with Gasteiger partial charge in [-0.1, -0.05) is 0 Å².